The SMILES string of the molecule is CCc1c(N)nc(COC)[nH]c1=O. The van der Waals surface area contributed by atoms with Crippen molar-refractivity contribution in [3.8, 4) is 0 Å². The van der Waals surface area contributed by atoms with Gasteiger partial charge >= 0.3 is 0 Å². The molecule has 1 aromatic rings. The van der Waals surface area contributed by atoms with E-state index >= 15 is 0 Å². The van der Waals surface area contributed by atoms with Crippen molar-refractivity contribution in [1.29, 1.82) is 0 Å². The van der Waals surface area contributed by atoms with E-state index in [2.05, 4.69) is 9.97 Å². The second-order valence-corrected chi connectivity index (χ2v) is 2.66. The maximum atomic E-state index is 11.3. The number of ether oxygens (including phenoxy) is 1. The highest BCUT2D eigenvalue weighted by Gasteiger charge is 2.05. The number of aromatic amines is 1. The van der Waals surface area contributed by atoms with Gasteiger partial charge in [-0.05, 0) is 6.42 Å². The molecule has 0 aliphatic rings. The molecular weight excluding hydrogens is 170 g/mol. The van der Waals surface area contributed by atoms with E-state index in [1.54, 1.807) is 0 Å². The van der Waals surface area contributed by atoms with Gasteiger partial charge in [0.2, 0.25) is 0 Å². The standard InChI is InChI=1S/C8H13N3O2/c1-3-5-7(9)10-6(4-13-2)11-8(5)12/h3-4H2,1-2H3,(H3,9,10,11,12). The van der Waals surface area contributed by atoms with Crippen LogP contribution in [0.1, 0.15) is 18.3 Å². The molecule has 0 radical (unpaired) electrons. The third-order valence-electron chi connectivity index (χ3n) is 1.73. The number of anilines is 1. The Hall–Kier alpha value is -1.36. The average Bonchev–Trinajstić information content (AvgIpc) is 2.04. The minimum Gasteiger partial charge on any atom is -0.383 e. The van der Waals surface area contributed by atoms with E-state index in [0.29, 0.717) is 23.6 Å². The molecule has 0 saturated carbocycles. The first kappa shape index (κ1) is 9.73. The van der Waals surface area contributed by atoms with Crippen molar-refractivity contribution in [2.24, 2.45) is 0 Å². The molecule has 0 amide bonds. The summed E-state index contributed by atoms with van der Waals surface area (Å²) in [7, 11) is 1.53. The van der Waals surface area contributed by atoms with Gasteiger partial charge in [-0.1, -0.05) is 6.92 Å². The van der Waals surface area contributed by atoms with E-state index < -0.39 is 0 Å². The van der Waals surface area contributed by atoms with Crippen LogP contribution in [0.3, 0.4) is 0 Å². The van der Waals surface area contributed by atoms with Crippen LogP contribution in [0.15, 0.2) is 4.79 Å². The average molecular weight is 183 g/mol. The number of rotatable bonds is 3. The number of hydrogen-bond donors (Lipinski definition) is 2. The van der Waals surface area contributed by atoms with E-state index in [9.17, 15) is 4.79 Å². The Labute approximate surface area is 75.9 Å². The van der Waals surface area contributed by atoms with Crippen LogP contribution in [-0.2, 0) is 17.8 Å². The largest absolute Gasteiger partial charge is 0.383 e. The molecule has 0 unspecified atom stereocenters. The number of H-pyrrole nitrogens is 1. The molecule has 13 heavy (non-hydrogen) atoms. The van der Waals surface area contributed by atoms with Crippen LogP contribution < -0.4 is 11.3 Å². The predicted octanol–water partition coefficient (Wildman–Crippen LogP) is 0.0609. The Morgan fingerprint density at radius 1 is 1.62 bits per heavy atom. The molecule has 0 atom stereocenters. The van der Waals surface area contributed by atoms with Gasteiger partial charge in [-0.15, -0.1) is 0 Å². The summed E-state index contributed by atoms with van der Waals surface area (Å²) in [6, 6.07) is 0. The molecule has 0 aliphatic carbocycles. The van der Waals surface area contributed by atoms with Gasteiger partial charge in [-0.2, -0.15) is 0 Å². The van der Waals surface area contributed by atoms with Crippen molar-refractivity contribution in [1.82, 2.24) is 9.97 Å². The summed E-state index contributed by atoms with van der Waals surface area (Å²) in [5.74, 6) is 0.750. The topological polar surface area (TPSA) is 81.0 Å². The predicted molar refractivity (Wildman–Crippen MR) is 49.4 cm³/mol. The number of hydrogen-bond acceptors (Lipinski definition) is 4. The third-order valence-corrected chi connectivity index (χ3v) is 1.73. The van der Waals surface area contributed by atoms with Gasteiger partial charge in [0.1, 0.15) is 18.2 Å². The van der Waals surface area contributed by atoms with E-state index in [1.807, 2.05) is 6.92 Å². The summed E-state index contributed by atoms with van der Waals surface area (Å²) in [6.07, 6.45) is 0.585. The van der Waals surface area contributed by atoms with Crippen molar-refractivity contribution in [3.05, 3.63) is 21.7 Å². The minimum absolute atomic E-state index is 0.179. The summed E-state index contributed by atoms with van der Waals surface area (Å²) >= 11 is 0. The quantitative estimate of drug-likeness (QED) is 0.694. The summed E-state index contributed by atoms with van der Waals surface area (Å²) in [5, 5.41) is 0. The zero-order chi connectivity index (χ0) is 9.84. The highest BCUT2D eigenvalue weighted by molar-refractivity contribution is 5.37. The van der Waals surface area contributed by atoms with Gasteiger partial charge in [-0.3, -0.25) is 4.79 Å². The van der Waals surface area contributed by atoms with Crippen LogP contribution in [0.5, 0.6) is 0 Å². The molecule has 0 aromatic carbocycles. The third kappa shape index (κ3) is 2.06. The van der Waals surface area contributed by atoms with E-state index in [4.69, 9.17) is 10.5 Å². The fourth-order valence-electron chi connectivity index (χ4n) is 1.11. The normalized spacial score (nSPS) is 10.3. The van der Waals surface area contributed by atoms with Crippen molar-refractivity contribution in [2.75, 3.05) is 12.8 Å². The van der Waals surface area contributed by atoms with Gasteiger partial charge in [0.05, 0.1) is 5.56 Å². The van der Waals surface area contributed by atoms with Crippen LogP contribution >= 0.6 is 0 Å². The maximum Gasteiger partial charge on any atom is 0.256 e. The van der Waals surface area contributed by atoms with Gasteiger partial charge < -0.3 is 15.5 Å². The Kier molecular flexibility index (Phi) is 3.02. The maximum absolute atomic E-state index is 11.3. The van der Waals surface area contributed by atoms with Gasteiger partial charge in [0, 0.05) is 7.11 Å². The summed E-state index contributed by atoms with van der Waals surface area (Å²) < 4.78 is 4.82. The first-order valence-electron chi connectivity index (χ1n) is 4.05. The lowest BCUT2D eigenvalue weighted by Gasteiger charge is -2.03. The molecule has 0 bridgehead atoms. The summed E-state index contributed by atoms with van der Waals surface area (Å²) in [6.45, 7) is 2.13. The summed E-state index contributed by atoms with van der Waals surface area (Å²) in [5.41, 5.74) is 5.93. The van der Waals surface area contributed by atoms with Gasteiger partial charge in [-0.25, -0.2) is 4.98 Å². The lowest BCUT2D eigenvalue weighted by molar-refractivity contribution is 0.177. The van der Waals surface area contributed by atoms with Crippen molar-refractivity contribution < 1.29 is 4.74 Å². The molecule has 0 spiro atoms. The lowest BCUT2D eigenvalue weighted by atomic mass is 10.2. The first-order chi connectivity index (χ1) is 6.19. The molecule has 5 heteroatoms. The van der Waals surface area contributed by atoms with Crippen molar-refractivity contribution >= 4 is 5.82 Å². The Bertz CT molecular complexity index is 346. The molecule has 1 aromatic heterocycles. The highest BCUT2D eigenvalue weighted by Crippen LogP contribution is 2.03. The number of nitrogen functional groups attached to an aromatic ring is 1. The first-order valence-corrected chi connectivity index (χ1v) is 4.05. The van der Waals surface area contributed by atoms with Crippen LogP contribution in [0.4, 0.5) is 5.82 Å². The van der Waals surface area contributed by atoms with Crippen molar-refractivity contribution in [3.63, 3.8) is 0 Å². The second kappa shape index (κ2) is 4.04. The second-order valence-electron chi connectivity index (χ2n) is 2.66. The van der Waals surface area contributed by atoms with Crippen LogP contribution in [0, 0.1) is 0 Å². The number of nitrogens with two attached hydrogens (primary N) is 1. The minimum atomic E-state index is -0.179. The Balaban J connectivity index is 3.13. The Morgan fingerprint density at radius 2 is 2.31 bits per heavy atom. The molecule has 72 valence electrons. The molecule has 0 fully saturated rings. The molecule has 1 rings (SSSR count). The lowest BCUT2D eigenvalue weighted by Crippen LogP contribution is -2.19. The molecular formula is C8H13N3O2. The van der Waals surface area contributed by atoms with Crippen LogP contribution in [-0.4, -0.2) is 17.1 Å². The van der Waals surface area contributed by atoms with Crippen LogP contribution in [0.25, 0.3) is 0 Å². The molecule has 3 N–H and O–H groups in total. The highest BCUT2D eigenvalue weighted by atomic mass is 16.5. The van der Waals surface area contributed by atoms with Crippen LogP contribution in [0.2, 0.25) is 0 Å². The molecule has 1 heterocycles. The zero-order valence-electron chi connectivity index (χ0n) is 7.76. The van der Waals surface area contributed by atoms with Gasteiger partial charge in [0.15, 0.2) is 0 Å². The molecule has 0 saturated heterocycles. The van der Waals surface area contributed by atoms with E-state index in [-0.39, 0.29) is 12.2 Å². The summed E-state index contributed by atoms with van der Waals surface area (Å²) in [4.78, 5) is 17.9. The number of nitrogens with one attached hydrogen (secondary N) is 1. The zero-order valence-corrected chi connectivity index (χ0v) is 7.76. The molecule has 0 aliphatic heterocycles. The van der Waals surface area contributed by atoms with E-state index in [0.717, 1.165) is 0 Å². The number of methoxy groups -OCH3 is 1. The van der Waals surface area contributed by atoms with E-state index in [1.165, 1.54) is 7.11 Å². The van der Waals surface area contributed by atoms with Crippen molar-refractivity contribution in [2.45, 2.75) is 20.0 Å². The monoisotopic (exact) mass is 183 g/mol. The van der Waals surface area contributed by atoms with Gasteiger partial charge in [0.25, 0.3) is 5.56 Å². The fraction of sp³-hybridized carbons (Fsp3) is 0.500. The smallest absolute Gasteiger partial charge is 0.256 e. The number of nitrogens with zero attached hydrogens (tertiary/aromatic N) is 1. The number of aromatic nitrogens is 2. The molecule has 5 nitrogen and oxygen atoms in total. The Morgan fingerprint density at radius 3 is 2.77 bits per heavy atom. The fourth-order valence-corrected chi connectivity index (χ4v) is 1.11.